The van der Waals surface area contributed by atoms with Crippen LogP contribution in [0.5, 0.6) is 5.75 Å². The molecule has 0 amide bonds. The molecule has 0 bridgehead atoms. The monoisotopic (exact) mass is 250 g/mol. The Bertz CT molecular complexity index is 720. The number of rotatable bonds is 2. The van der Waals surface area contributed by atoms with Gasteiger partial charge in [-0.15, -0.1) is 0 Å². The molecule has 0 N–H and O–H groups in total. The standard InChI is InChI=1S/C16H14N2O/c1-11-3-8-14-15(9-11)17-10-16(18-14)12-4-6-13(19-2)7-5-12/h3-10H,1-2H3. The van der Waals surface area contributed by atoms with Crippen molar-refractivity contribution in [2.45, 2.75) is 6.92 Å². The fraction of sp³-hybridized carbons (Fsp3) is 0.125. The van der Waals surface area contributed by atoms with Crippen LogP contribution in [0.1, 0.15) is 5.56 Å². The molecule has 3 nitrogen and oxygen atoms in total. The molecular formula is C16H14N2O. The lowest BCUT2D eigenvalue weighted by atomic mass is 10.1. The summed E-state index contributed by atoms with van der Waals surface area (Å²) in [6, 6.07) is 13.9. The van der Waals surface area contributed by atoms with Gasteiger partial charge in [-0.25, -0.2) is 4.98 Å². The molecule has 0 fully saturated rings. The maximum absolute atomic E-state index is 5.15. The second-order valence-corrected chi connectivity index (χ2v) is 4.48. The maximum atomic E-state index is 5.15. The lowest BCUT2D eigenvalue weighted by Crippen LogP contribution is -1.89. The summed E-state index contributed by atoms with van der Waals surface area (Å²) in [6.07, 6.45) is 1.81. The third-order valence-electron chi connectivity index (χ3n) is 3.08. The average Bonchev–Trinajstić information content (AvgIpc) is 2.47. The zero-order valence-electron chi connectivity index (χ0n) is 10.9. The van der Waals surface area contributed by atoms with Crippen molar-refractivity contribution in [1.29, 1.82) is 0 Å². The van der Waals surface area contributed by atoms with Gasteiger partial charge in [0.2, 0.25) is 0 Å². The van der Waals surface area contributed by atoms with E-state index in [0.717, 1.165) is 28.0 Å². The summed E-state index contributed by atoms with van der Waals surface area (Å²) in [5.41, 5.74) is 4.95. The lowest BCUT2D eigenvalue weighted by Gasteiger charge is -2.04. The summed E-state index contributed by atoms with van der Waals surface area (Å²) in [5.74, 6) is 0.841. The van der Waals surface area contributed by atoms with Crippen molar-refractivity contribution in [1.82, 2.24) is 9.97 Å². The number of aryl methyl sites for hydroxylation is 1. The summed E-state index contributed by atoms with van der Waals surface area (Å²) in [6.45, 7) is 2.05. The quantitative estimate of drug-likeness (QED) is 0.696. The van der Waals surface area contributed by atoms with E-state index in [9.17, 15) is 0 Å². The molecule has 1 heterocycles. The molecule has 0 saturated heterocycles. The molecule has 0 aliphatic carbocycles. The average molecular weight is 250 g/mol. The van der Waals surface area contributed by atoms with E-state index >= 15 is 0 Å². The minimum Gasteiger partial charge on any atom is -0.497 e. The zero-order valence-corrected chi connectivity index (χ0v) is 10.9. The van der Waals surface area contributed by atoms with Gasteiger partial charge in [0, 0.05) is 5.56 Å². The molecule has 3 heteroatoms. The minimum absolute atomic E-state index is 0.841. The van der Waals surface area contributed by atoms with Crippen molar-refractivity contribution in [3.05, 3.63) is 54.2 Å². The van der Waals surface area contributed by atoms with Crippen LogP contribution in [-0.4, -0.2) is 17.1 Å². The molecule has 1 aromatic heterocycles. The number of methoxy groups -OCH3 is 1. The van der Waals surface area contributed by atoms with Crippen LogP contribution in [0.3, 0.4) is 0 Å². The highest BCUT2D eigenvalue weighted by molar-refractivity contribution is 5.77. The highest BCUT2D eigenvalue weighted by Gasteiger charge is 2.03. The van der Waals surface area contributed by atoms with Crippen LogP contribution < -0.4 is 4.74 Å². The Labute approximate surface area is 111 Å². The van der Waals surface area contributed by atoms with Gasteiger partial charge in [0.15, 0.2) is 0 Å². The van der Waals surface area contributed by atoms with Gasteiger partial charge in [-0.2, -0.15) is 0 Å². The van der Waals surface area contributed by atoms with Crippen LogP contribution in [0.15, 0.2) is 48.7 Å². The molecule has 0 aliphatic heterocycles. The predicted molar refractivity (Wildman–Crippen MR) is 76.3 cm³/mol. The first-order valence-corrected chi connectivity index (χ1v) is 6.14. The summed E-state index contributed by atoms with van der Waals surface area (Å²) >= 11 is 0. The van der Waals surface area contributed by atoms with Crippen LogP contribution in [0, 0.1) is 6.92 Å². The number of hydrogen-bond donors (Lipinski definition) is 0. The van der Waals surface area contributed by atoms with Crippen molar-refractivity contribution in [3.8, 4) is 17.0 Å². The Morgan fingerprint density at radius 3 is 2.47 bits per heavy atom. The molecular weight excluding hydrogens is 236 g/mol. The van der Waals surface area contributed by atoms with E-state index in [1.807, 2.05) is 42.6 Å². The molecule has 2 aromatic carbocycles. The van der Waals surface area contributed by atoms with Crippen LogP contribution in [-0.2, 0) is 0 Å². The van der Waals surface area contributed by atoms with Crippen molar-refractivity contribution < 1.29 is 4.74 Å². The fourth-order valence-electron chi connectivity index (χ4n) is 2.02. The number of aromatic nitrogens is 2. The Kier molecular flexibility index (Phi) is 2.88. The van der Waals surface area contributed by atoms with E-state index in [2.05, 4.69) is 23.0 Å². The first-order valence-electron chi connectivity index (χ1n) is 6.14. The van der Waals surface area contributed by atoms with Gasteiger partial charge in [-0.05, 0) is 48.9 Å². The SMILES string of the molecule is COc1ccc(-c2cnc3cc(C)ccc3n2)cc1. The molecule has 0 radical (unpaired) electrons. The molecule has 0 atom stereocenters. The van der Waals surface area contributed by atoms with E-state index in [1.54, 1.807) is 7.11 Å². The van der Waals surface area contributed by atoms with Crippen LogP contribution in [0.4, 0.5) is 0 Å². The van der Waals surface area contributed by atoms with Crippen LogP contribution in [0.2, 0.25) is 0 Å². The zero-order chi connectivity index (χ0) is 13.2. The summed E-state index contributed by atoms with van der Waals surface area (Å²) in [7, 11) is 1.66. The Hall–Kier alpha value is -2.42. The van der Waals surface area contributed by atoms with Gasteiger partial charge in [-0.3, -0.25) is 4.98 Å². The Balaban J connectivity index is 2.06. The number of benzene rings is 2. The number of hydrogen-bond acceptors (Lipinski definition) is 3. The molecule has 0 spiro atoms. The number of ether oxygens (including phenoxy) is 1. The molecule has 0 aliphatic rings. The summed E-state index contributed by atoms with van der Waals surface area (Å²) in [4.78, 5) is 9.11. The Morgan fingerprint density at radius 1 is 0.947 bits per heavy atom. The van der Waals surface area contributed by atoms with Gasteiger partial charge < -0.3 is 4.74 Å². The first-order chi connectivity index (χ1) is 9.26. The largest absolute Gasteiger partial charge is 0.497 e. The molecule has 0 saturated carbocycles. The van der Waals surface area contributed by atoms with E-state index in [1.165, 1.54) is 5.56 Å². The van der Waals surface area contributed by atoms with Gasteiger partial charge >= 0.3 is 0 Å². The highest BCUT2D eigenvalue weighted by atomic mass is 16.5. The van der Waals surface area contributed by atoms with Crippen LogP contribution >= 0.6 is 0 Å². The molecule has 3 rings (SSSR count). The molecule has 3 aromatic rings. The predicted octanol–water partition coefficient (Wildman–Crippen LogP) is 3.61. The van der Waals surface area contributed by atoms with Gasteiger partial charge in [0.25, 0.3) is 0 Å². The molecule has 19 heavy (non-hydrogen) atoms. The molecule has 94 valence electrons. The van der Waals surface area contributed by atoms with E-state index in [-0.39, 0.29) is 0 Å². The minimum atomic E-state index is 0.841. The highest BCUT2D eigenvalue weighted by Crippen LogP contribution is 2.22. The third kappa shape index (κ3) is 2.27. The maximum Gasteiger partial charge on any atom is 0.118 e. The summed E-state index contributed by atoms with van der Waals surface area (Å²) < 4.78 is 5.15. The summed E-state index contributed by atoms with van der Waals surface area (Å²) in [5, 5.41) is 0. The van der Waals surface area contributed by atoms with Gasteiger partial charge in [0.05, 0.1) is 30.0 Å². The number of fused-ring (bicyclic) bond motifs is 1. The second kappa shape index (κ2) is 4.69. The number of nitrogens with zero attached hydrogens (tertiary/aromatic N) is 2. The van der Waals surface area contributed by atoms with Crippen molar-refractivity contribution in [3.63, 3.8) is 0 Å². The first kappa shape index (κ1) is 11.7. The van der Waals surface area contributed by atoms with E-state index < -0.39 is 0 Å². The van der Waals surface area contributed by atoms with Crippen molar-refractivity contribution in [2.75, 3.05) is 7.11 Å². The van der Waals surface area contributed by atoms with Crippen molar-refractivity contribution in [2.24, 2.45) is 0 Å². The molecule has 0 unspecified atom stereocenters. The van der Waals surface area contributed by atoms with Crippen LogP contribution in [0.25, 0.3) is 22.3 Å². The Morgan fingerprint density at radius 2 is 1.74 bits per heavy atom. The van der Waals surface area contributed by atoms with Crippen molar-refractivity contribution >= 4 is 11.0 Å². The lowest BCUT2D eigenvalue weighted by molar-refractivity contribution is 0.415. The van der Waals surface area contributed by atoms with Gasteiger partial charge in [-0.1, -0.05) is 6.07 Å². The normalized spacial score (nSPS) is 10.6. The topological polar surface area (TPSA) is 35.0 Å². The smallest absolute Gasteiger partial charge is 0.118 e. The van der Waals surface area contributed by atoms with Gasteiger partial charge in [0.1, 0.15) is 5.75 Å². The fourth-order valence-corrected chi connectivity index (χ4v) is 2.02. The van der Waals surface area contributed by atoms with E-state index in [0.29, 0.717) is 0 Å². The van der Waals surface area contributed by atoms with E-state index in [4.69, 9.17) is 4.74 Å². The second-order valence-electron chi connectivity index (χ2n) is 4.48. The third-order valence-corrected chi connectivity index (χ3v) is 3.08.